The van der Waals surface area contributed by atoms with E-state index < -0.39 is 5.97 Å². The van der Waals surface area contributed by atoms with Gasteiger partial charge in [0.2, 0.25) is 0 Å². The highest BCUT2D eigenvalue weighted by molar-refractivity contribution is 7.10. The zero-order valence-electron chi connectivity index (χ0n) is 7.00. The molecule has 0 amide bonds. The average molecular weight is 182 g/mol. The van der Waals surface area contributed by atoms with Crippen molar-refractivity contribution >= 4 is 23.4 Å². The van der Waals surface area contributed by atoms with Crippen molar-refractivity contribution in [3.63, 3.8) is 0 Å². The van der Waals surface area contributed by atoms with Crippen molar-refractivity contribution in [1.82, 2.24) is 0 Å². The first-order valence-electron chi connectivity index (χ1n) is 3.56. The van der Waals surface area contributed by atoms with Crippen LogP contribution in [-0.4, -0.2) is 11.1 Å². The number of aryl methyl sites for hydroxylation is 1. The molecule has 0 unspecified atom stereocenters. The van der Waals surface area contributed by atoms with Crippen molar-refractivity contribution in [2.45, 2.75) is 13.8 Å². The third kappa shape index (κ3) is 2.20. The molecule has 64 valence electrons. The fraction of sp³-hybridized carbons (Fsp3) is 0.222. The van der Waals surface area contributed by atoms with Crippen molar-refractivity contribution in [3.8, 4) is 0 Å². The Morgan fingerprint density at radius 3 is 2.75 bits per heavy atom. The van der Waals surface area contributed by atoms with Gasteiger partial charge in [0, 0.05) is 10.5 Å². The molecule has 0 aliphatic carbocycles. The van der Waals surface area contributed by atoms with Gasteiger partial charge in [-0.2, -0.15) is 0 Å². The summed E-state index contributed by atoms with van der Waals surface area (Å²) >= 11 is 1.62. The summed E-state index contributed by atoms with van der Waals surface area (Å²) in [6.07, 6.45) is 1.67. The standard InChI is InChI=1S/C9H10O2S/c1-6(9(10)11)3-8-4-7(2)12-5-8/h3-5H,1-2H3,(H,10,11)/b6-3+. The predicted octanol–water partition coefficient (Wildman–Crippen LogP) is 2.54. The second-order valence-electron chi connectivity index (χ2n) is 2.62. The highest BCUT2D eigenvalue weighted by atomic mass is 32.1. The molecule has 0 fully saturated rings. The molecule has 1 rings (SSSR count). The van der Waals surface area contributed by atoms with Gasteiger partial charge in [0.1, 0.15) is 0 Å². The molecule has 0 aliphatic rings. The summed E-state index contributed by atoms with van der Waals surface area (Å²) in [5.41, 5.74) is 1.34. The number of aliphatic carboxylic acids is 1. The smallest absolute Gasteiger partial charge is 0.331 e. The Bertz CT molecular complexity index is 323. The molecule has 1 N–H and O–H groups in total. The summed E-state index contributed by atoms with van der Waals surface area (Å²) in [5, 5.41) is 10.5. The minimum atomic E-state index is -0.862. The maximum Gasteiger partial charge on any atom is 0.331 e. The third-order valence-corrected chi connectivity index (χ3v) is 2.35. The van der Waals surface area contributed by atoms with E-state index in [9.17, 15) is 4.79 Å². The van der Waals surface area contributed by atoms with Crippen LogP contribution < -0.4 is 0 Å². The Balaban J connectivity index is 2.87. The van der Waals surface area contributed by atoms with Gasteiger partial charge in [-0.1, -0.05) is 0 Å². The lowest BCUT2D eigenvalue weighted by Gasteiger charge is -1.89. The maximum atomic E-state index is 10.4. The lowest BCUT2D eigenvalue weighted by Crippen LogP contribution is -1.94. The van der Waals surface area contributed by atoms with E-state index in [4.69, 9.17) is 5.11 Å². The first-order chi connectivity index (χ1) is 5.59. The van der Waals surface area contributed by atoms with Gasteiger partial charge in [0.15, 0.2) is 0 Å². The maximum absolute atomic E-state index is 10.4. The van der Waals surface area contributed by atoms with Gasteiger partial charge in [-0.15, -0.1) is 11.3 Å². The first kappa shape index (κ1) is 9.00. The van der Waals surface area contributed by atoms with Crippen LogP contribution in [-0.2, 0) is 4.79 Å². The molecule has 0 aromatic carbocycles. The summed E-state index contributed by atoms with van der Waals surface area (Å²) in [7, 11) is 0. The summed E-state index contributed by atoms with van der Waals surface area (Å²) in [4.78, 5) is 11.6. The van der Waals surface area contributed by atoms with Crippen LogP contribution in [0.25, 0.3) is 6.08 Å². The van der Waals surface area contributed by atoms with E-state index in [0.717, 1.165) is 5.56 Å². The molecule has 1 aromatic rings. The lowest BCUT2D eigenvalue weighted by molar-refractivity contribution is -0.132. The second kappa shape index (κ2) is 3.54. The number of carboxylic acid groups (broad SMARTS) is 1. The Hall–Kier alpha value is -1.09. The van der Waals surface area contributed by atoms with Crippen LogP contribution in [0.4, 0.5) is 0 Å². The minimum absolute atomic E-state index is 0.368. The monoisotopic (exact) mass is 182 g/mol. The van der Waals surface area contributed by atoms with E-state index in [-0.39, 0.29) is 0 Å². The van der Waals surface area contributed by atoms with E-state index in [2.05, 4.69) is 0 Å². The molecule has 1 aromatic heterocycles. The molecular formula is C9H10O2S. The normalized spacial score (nSPS) is 11.7. The van der Waals surface area contributed by atoms with Crippen LogP contribution >= 0.6 is 11.3 Å². The Morgan fingerprint density at radius 2 is 2.33 bits per heavy atom. The Labute approximate surface area is 75.2 Å². The van der Waals surface area contributed by atoms with E-state index in [1.165, 1.54) is 4.88 Å². The molecular weight excluding hydrogens is 172 g/mol. The zero-order valence-corrected chi connectivity index (χ0v) is 7.81. The lowest BCUT2D eigenvalue weighted by atomic mass is 10.2. The molecule has 1 heterocycles. The minimum Gasteiger partial charge on any atom is -0.478 e. The predicted molar refractivity (Wildman–Crippen MR) is 50.3 cm³/mol. The van der Waals surface area contributed by atoms with Crippen LogP contribution in [0.1, 0.15) is 17.4 Å². The molecule has 0 saturated heterocycles. The van der Waals surface area contributed by atoms with Crippen LogP contribution in [0.15, 0.2) is 17.0 Å². The summed E-state index contributed by atoms with van der Waals surface area (Å²) in [5.74, 6) is -0.862. The van der Waals surface area contributed by atoms with Gasteiger partial charge in [0.05, 0.1) is 0 Å². The topological polar surface area (TPSA) is 37.3 Å². The van der Waals surface area contributed by atoms with Gasteiger partial charge >= 0.3 is 5.97 Å². The molecule has 0 bridgehead atoms. The molecule has 0 atom stereocenters. The average Bonchev–Trinajstić information content (AvgIpc) is 2.35. The second-order valence-corrected chi connectivity index (χ2v) is 3.74. The van der Waals surface area contributed by atoms with Gasteiger partial charge in [-0.25, -0.2) is 4.79 Å². The highest BCUT2D eigenvalue weighted by Gasteiger charge is 2.00. The molecule has 12 heavy (non-hydrogen) atoms. The van der Waals surface area contributed by atoms with Crippen LogP contribution in [0.2, 0.25) is 0 Å². The number of thiophene rings is 1. The van der Waals surface area contributed by atoms with Gasteiger partial charge in [0.25, 0.3) is 0 Å². The van der Waals surface area contributed by atoms with Crippen LogP contribution in [0, 0.1) is 6.92 Å². The van der Waals surface area contributed by atoms with Gasteiger partial charge in [-0.3, -0.25) is 0 Å². The van der Waals surface area contributed by atoms with Crippen LogP contribution in [0.3, 0.4) is 0 Å². The highest BCUT2D eigenvalue weighted by Crippen LogP contribution is 2.15. The number of carboxylic acids is 1. The number of hydrogen-bond acceptors (Lipinski definition) is 2. The number of hydrogen-bond donors (Lipinski definition) is 1. The zero-order chi connectivity index (χ0) is 9.14. The van der Waals surface area contributed by atoms with Crippen molar-refractivity contribution in [2.24, 2.45) is 0 Å². The first-order valence-corrected chi connectivity index (χ1v) is 4.44. The van der Waals surface area contributed by atoms with E-state index in [0.29, 0.717) is 5.57 Å². The number of carbonyl (C=O) groups is 1. The Kier molecular flexibility index (Phi) is 2.65. The van der Waals surface area contributed by atoms with Gasteiger partial charge < -0.3 is 5.11 Å². The van der Waals surface area contributed by atoms with Crippen molar-refractivity contribution in [2.75, 3.05) is 0 Å². The molecule has 0 radical (unpaired) electrons. The van der Waals surface area contributed by atoms with Crippen molar-refractivity contribution in [1.29, 1.82) is 0 Å². The molecule has 2 nitrogen and oxygen atoms in total. The summed E-state index contributed by atoms with van der Waals surface area (Å²) in [6.45, 7) is 3.59. The third-order valence-electron chi connectivity index (χ3n) is 1.47. The quantitative estimate of drug-likeness (QED) is 0.714. The summed E-state index contributed by atoms with van der Waals surface area (Å²) in [6, 6.07) is 1.97. The van der Waals surface area contributed by atoms with E-state index >= 15 is 0 Å². The Morgan fingerprint density at radius 1 is 1.67 bits per heavy atom. The SMILES string of the molecule is C/C(=C\c1csc(C)c1)C(=O)O. The molecule has 3 heteroatoms. The van der Waals surface area contributed by atoms with Crippen molar-refractivity contribution in [3.05, 3.63) is 27.5 Å². The van der Waals surface area contributed by atoms with Crippen LogP contribution in [0.5, 0.6) is 0 Å². The summed E-state index contributed by atoms with van der Waals surface area (Å²) < 4.78 is 0. The molecule has 0 saturated carbocycles. The fourth-order valence-electron chi connectivity index (χ4n) is 0.851. The van der Waals surface area contributed by atoms with E-state index in [1.807, 2.05) is 18.4 Å². The largest absolute Gasteiger partial charge is 0.478 e. The molecule has 0 aliphatic heterocycles. The molecule has 0 spiro atoms. The van der Waals surface area contributed by atoms with Crippen molar-refractivity contribution < 1.29 is 9.90 Å². The van der Waals surface area contributed by atoms with E-state index in [1.54, 1.807) is 24.3 Å². The number of rotatable bonds is 2. The fourth-order valence-corrected chi connectivity index (χ4v) is 1.51. The van der Waals surface area contributed by atoms with Gasteiger partial charge in [-0.05, 0) is 36.9 Å².